The lowest BCUT2D eigenvalue weighted by atomic mass is 10.4. The molecule has 0 nitrogen and oxygen atoms in total. The molecule has 0 N–H and O–H groups in total. The second kappa shape index (κ2) is 6.69. The number of unbranched alkanes of at least 4 members (excludes halogenated alkanes) is 1. The molecule has 9 heavy (non-hydrogen) atoms. The van der Waals surface area contributed by atoms with Crippen LogP contribution in [0.5, 0.6) is 0 Å². The van der Waals surface area contributed by atoms with Crippen molar-refractivity contribution in [1.29, 1.82) is 0 Å². The monoisotopic (exact) mass is 208 g/mol. The van der Waals surface area contributed by atoms with Crippen LogP contribution in [-0.2, 0) is 0 Å². The molecule has 0 rings (SSSR count). The largest absolute Gasteiger partial charge is 0.157 e. The van der Waals surface area contributed by atoms with Crippen LogP contribution in [0.1, 0.15) is 19.8 Å². The summed E-state index contributed by atoms with van der Waals surface area (Å²) in [6.07, 6.45) is 2.62. The van der Waals surface area contributed by atoms with Crippen molar-refractivity contribution in [3.63, 3.8) is 0 Å². The number of rotatable bonds is 5. The van der Waals surface area contributed by atoms with Crippen LogP contribution in [0.4, 0.5) is 0 Å². The van der Waals surface area contributed by atoms with Gasteiger partial charge in [-0.2, -0.15) is 11.8 Å². The lowest BCUT2D eigenvalue weighted by molar-refractivity contribution is 0.897. The van der Waals surface area contributed by atoms with Gasteiger partial charge < -0.3 is 0 Å². The highest BCUT2D eigenvalue weighted by Gasteiger charge is 1.87. The van der Waals surface area contributed by atoms with Gasteiger partial charge in [-0.25, -0.2) is 0 Å². The highest BCUT2D eigenvalue weighted by Crippen LogP contribution is 2.12. The lowest BCUT2D eigenvalue weighted by Crippen LogP contribution is -1.80. The van der Waals surface area contributed by atoms with E-state index in [9.17, 15) is 0 Å². The van der Waals surface area contributed by atoms with Gasteiger partial charge in [-0.3, -0.25) is 0 Å². The average molecular weight is 209 g/mol. The Morgan fingerprint density at radius 1 is 1.67 bits per heavy atom. The summed E-state index contributed by atoms with van der Waals surface area (Å²) in [5.41, 5.74) is 0. The second-order valence-electron chi connectivity index (χ2n) is 1.92. The average Bonchev–Trinajstić information content (AvgIpc) is 1.80. The van der Waals surface area contributed by atoms with Gasteiger partial charge in [0.1, 0.15) is 0 Å². The first-order valence-electron chi connectivity index (χ1n) is 3.18. The van der Waals surface area contributed by atoms with E-state index >= 15 is 0 Å². The minimum atomic E-state index is 1.06. The minimum absolute atomic E-state index is 1.06. The van der Waals surface area contributed by atoms with Gasteiger partial charge >= 0.3 is 0 Å². The fourth-order valence-corrected chi connectivity index (χ4v) is 1.77. The molecule has 0 saturated heterocycles. The third-order valence-electron chi connectivity index (χ3n) is 0.901. The molecule has 0 aromatic carbocycles. The molecule has 0 spiro atoms. The SMILES string of the molecule is C=C(Br)CSCCCC. The van der Waals surface area contributed by atoms with Crippen LogP contribution in [0.25, 0.3) is 0 Å². The van der Waals surface area contributed by atoms with Gasteiger partial charge in [0.25, 0.3) is 0 Å². The lowest BCUT2D eigenvalue weighted by Gasteiger charge is -1.96. The number of halogens is 1. The van der Waals surface area contributed by atoms with E-state index in [0.717, 1.165) is 10.2 Å². The van der Waals surface area contributed by atoms with E-state index < -0.39 is 0 Å². The fourth-order valence-electron chi connectivity index (χ4n) is 0.429. The zero-order valence-corrected chi connectivity index (χ0v) is 8.22. The van der Waals surface area contributed by atoms with Gasteiger partial charge in [0.05, 0.1) is 0 Å². The zero-order valence-electron chi connectivity index (χ0n) is 5.82. The minimum Gasteiger partial charge on any atom is -0.157 e. The highest BCUT2D eigenvalue weighted by molar-refractivity contribution is 9.11. The molecule has 2 heteroatoms. The van der Waals surface area contributed by atoms with Crippen LogP contribution >= 0.6 is 27.7 Å². The van der Waals surface area contributed by atoms with Crippen LogP contribution in [0.15, 0.2) is 11.1 Å². The number of thioether (sulfide) groups is 1. The normalized spacial score (nSPS) is 9.56. The second-order valence-corrected chi connectivity index (χ2v) is 4.15. The zero-order chi connectivity index (χ0) is 7.11. The van der Waals surface area contributed by atoms with Crippen molar-refractivity contribution in [3.05, 3.63) is 11.1 Å². The Bertz CT molecular complexity index is 81.0. The van der Waals surface area contributed by atoms with E-state index in [1.54, 1.807) is 0 Å². The van der Waals surface area contributed by atoms with Gasteiger partial charge in [-0.15, -0.1) is 0 Å². The fraction of sp³-hybridized carbons (Fsp3) is 0.714. The molecule has 0 bridgehead atoms. The summed E-state index contributed by atoms with van der Waals surface area (Å²) >= 11 is 5.25. The van der Waals surface area contributed by atoms with Crippen molar-refractivity contribution in [2.45, 2.75) is 19.8 Å². The first-order chi connectivity index (χ1) is 4.27. The quantitative estimate of drug-likeness (QED) is 0.625. The maximum atomic E-state index is 3.75. The summed E-state index contributed by atoms with van der Waals surface area (Å²) in [7, 11) is 0. The topological polar surface area (TPSA) is 0 Å². The van der Waals surface area contributed by atoms with Gasteiger partial charge in [0.2, 0.25) is 0 Å². The van der Waals surface area contributed by atoms with Crippen LogP contribution in [0.2, 0.25) is 0 Å². The predicted molar refractivity (Wildman–Crippen MR) is 50.3 cm³/mol. The van der Waals surface area contributed by atoms with Gasteiger partial charge in [-0.05, 0) is 16.7 Å². The first kappa shape index (κ1) is 9.57. The molecule has 0 fully saturated rings. The maximum Gasteiger partial charge on any atom is 0.0244 e. The van der Waals surface area contributed by atoms with Crippen molar-refractivity contribution in [2.75, 3.05) is 11.5 Å². The molecular formula is C7H13BrS. The molecule has 0 radical (unpaired) electrons. The van der Waals surface area contributed by atoms with E-state index in [4.69, 9.17) is 0 Å². The van der Waals surface area contributed by atoms with Gasteiger partial charge in [0, 0.05) is 5.75 Å². The Morgan fingerprint density at radius 3 is 2.78 bits per heavy atom. The molecule has 0 aromatic heterocycles. The van der Waals surface area contributed by atoms with E-state index in [0.29, 0.717) is 0 Å². The van der Waals surface area contributed by atoms with Crippen molar-refractivity contribution < 1.29 is 0 Å². The molecule has 0 saturated carbocycles. The number of hydrogen-bond donors (Lipinski definition) is 0. The third-order valence-corrected chi connectivity index (χ3v) is 2.68. The summed E-state index contributed by atoms with van der Waals surface area (Å²) in [5, 5.41) is 0. The van der Waals surface area contributed by atoms with E-state index in [1.807, 2.05) is 11.8 Å². The van der Waals surface area contributed by atoms with E-state index in [-0.39, 0.29) is 0 Å². The molecule has 0 aliphatic heterocycles. The van der Waals surface area contributed by atoms with Crippen molar-refractivity contribution in [1.82, 2.24) is 0 Å². The molecule has 0 aliphatic carbocycles. The van der Waals surface area contributed by atoms with Gasteiger partial charge in [0.15, 0.2) is 0 Å². The highest BCUT2D eigenvalue weighted by atomic mass is 79.9. The summed E-state index contributed by atoms with van der Waals surface area (Å²) in [5.74, 6) is 2.32. The molecule has 0 amide bonds. The van der Waals surface area contributed by atoms with Gasteiger partial charge in [-0.1, -0.05) is 35.9 Å². The first-order valence-corrected chi connectivity index (χ1v) is 5.13. The Morgan fingerprint density at radius 2 is 2.33 bits per heavy atom. The Labute approximate surface area is 70.2 Å². The summed E-state index contributed by atoms with van der Waals surface area (Å²) < 4.78 is 1.10. The Kier molecular flexibility index (Phi) is 7.11. The Hall–Kier alpha value is 0.570. The summed E-state index contributed by atoms with van der Waals surface area (Å²) in [6.45, 7) is 5.96. The van der Waals surface area contributed by atoms with Crippen molar-refractivity contribution in [3.8, 4) is 0 Å². The van der Waals surface area contributed by atoms with Crippen LogP contribution in [-0.4, -0.2) is 11.5 Å². The molecule has 0 heterocycles. The van der Waals surface area contributed by atoms with E-state index in [2.05, 4.69) is 29.4 Å². The number of hydrogen-bond acceptors (Lipinski definition) is 1. The Balaban J connectivity index is 2.83. The molecule has 0 unspecified atom stereocenters. The smallest absolute Gasteiger partial charge is 0.0244 e. The molecule has 54 valence electrons. The standard InChI is InChI=1S/C7H13BrS/c1-3-4-5-9-6-7(2)8/h2-6H2,1H3. The maximum absolute atomic E-state index is 3.75. The molecule has 0 aromatic rings. The molecular weight excluding hydrogens is 196 g/mol. The summed E-state index contributed by atoms with van der Waals surface area (Å²) in [4.78, 5) is 0. The third kappa shape index (κ3) is 8.57. The van der Waals surface area contributed by atoms with Crippen LogP contribution in [0.3, 0.4) is 0 Å². The summed E-state index contributed by atoms with van der Waals surface area (Å²) in [6, 6.07) is 0. The van der Waals surface area contributed by atoms with Crippen LogP contribution < -0.4 is 0 Å². The van der Waals surface area contributed by atoms with Crippen molar-refractivity contribution in [2.24, 2.45) is 0 Å². The van der Waals surface area contributed by atoms with Crippen molar-refractivity contribution >= 4 is 27.7 Å². The van der Waals surface area contributed by atoms with E-state index in [1.165, 1.54) is 18.6 Å². The van der Waals surface area contributed by atoms with Crippen LogP contribution in [0, 0.1) is 0 Å². The molecule has 0 atom stereocenters. The molecule has 0 aliphatic rings. The predicted octanol–water partition coefficient (Wildman–Crippen LogP) is 3.43.